The summed E-state index contributed by atoms with van der Waals surface area (Å²) < 4.78 is 11.6. The van der Waals surface area contributed by atoms with Gasteiger partial charge in [-0.15, -0.1) is 0 Å². The molecule has 0 saturated heterocycles. The largest absolute Gasteiger partial charge is 0.454 e. The Hall–Kier alpha value is -1.10. The minimum atomic E-state index is 0.00321. The van der Waals surface area contributed by atoms with Crippen LogP contribution in [0.5, 0.6) is 11.5 Å². The van der Waals surface area contributed by atoms with Crippen molar-refractivity contribution < 1.29 is 9.47 Å². The summed E-state index contributed by atoms with van der Waals surface area (Å²) >= 11 is 15.9. The molecule has 110 valence electrons. The molecule has 1 unspecified atom stereocenters. The molecule has 0 amide bonds. The van der Waals surface area contributed by atoms with E-state index in [-0.39, 0.29) is 12.8 Å². The predicted molar refractivity (Wildman–Crippen MR) is 88.8 cm³/mol. The molecule has 21 heavy (non-hydrogen) atoms. The van der Waals surface area contributed by atoms with Crippen molar-refractivity contribution >= 4 is 44.8 Å². The second-order valence-corrected chi connectivity index (χ2v) is 6.45. The third-order valence-corrected chi connectivity index (χ3v) is 4.40. The quantitative estimate of drug-likeness (QED) is 0.735. The van der Waals surface area contributed by atoms with Crippen molar-refractivity contribution in [1.82, 2.24) is 0 Å². The van der Waals surface area contributed by atoms with Crippen LogP contribution in [0.3, 0.4) is 0 Å². The third kappa shape index (κ3) is 3.07. The normalized spacial score (nSPS) is 14.1. The Morgan fingerprint density at radius 3 is 2.52 bits per heavy atom. The molecule has 0 fully saturated rings. The van der Waals surface area contributed by atoms with E-state index in [1.165, 1.54) is 0 Å². The molecule has 0 radical (unpaired) electrons. The maximum Gasteiger partial charge on any atom is 0.231 e. The Kier molecular flexibility index (Phi) is 4.20. The molecule has 1 heterocycles. The second-order valence-electron chi connectivity index (χ2n) is 4.72. The highest BCUT2D eigenvalue weighted by Gasteiger charge is 2.18. The van der Waals surface area contributed by atoms with Crippen LogP contribution in [0.4, 0.5) is 5.69 Å². The number of hydrogen-bond acceptors (Lipinski definition) is 3. The van der Waals surface area contributed by atoms with Gasteiger partial charge in [-0.25, -0.2) is 0 Å². The van der Waals surface area contributed by atoms with E-state index in [1.54, 1.807) is 6.07 Å². The highest BCUT2D eigenvalue weighted by atomic mass is 79.9. The first-order valence-electron chi connectivity index (χ1n) is 6.35. The summed E-state index contributed by atoms with van der Waals surface area (Å²) in [5.74, 6) is 1.36. The SMILES string of the molecule is CC(Nc1cc2c(cc1Cl)OCO2)c1ccc(Br)cc1Cl. The van der Waals surface area contributed by atoms with Gasteiger partial charge in [0.25, 0.3) is 0 Å². The van der Waals surface area contributed by atoms with Crippen LogP contribution in [0.1, 0.15) is 18.5 Å². The zero-order chi connectivity index (χ0) is 15.0. The number of hydrogen-bond donors (Lipinski definition) is 1. The van der Waals surface area contributed by atoms with Gasteiger partial charge in [0.2, 0.25) is 6.79 Å². The first-order valence-corrected chi connectivity index (χ1v) is 7.90. The molecular weight excluding hydrogens is 377 g/mol. The minimum absolute atomic E-state index is 0.00321. The standard InChI is InChI=1S/C15H12BrCl2NO2/c1-8(10-3-2-9(16)4-11(10)17)19-13-6-15-14(5-12(13)18)20-7-21-15/h2-6,8,19H,7H2,1H3. The number of nitrogens with one attached hydrogen (secondary N) is 1. The van der Waals surface area contributed by atoms with Gasteiger partial charge >= 0.3 is 0 Å². The zero-order valence-corrected chi connectivity index (χ0v) is 14.2. The van der Waals surface area contributed by atoms with Gasteiger partial charge in [0.1, 0.15) is 0 Å². The highest BCUT2D eigenvalue weighted by molar-refractivity contribution is 9.10. The number of rotatable bonds is 3. The van der Waals surface area contributed by atoms with Crippen LogP contribution in [-0.4, -0.2) is 6.79 Å². The van der Waals surface area contributed by atoms with E-state index in [1.807, 2.05) is 31.2 Å². The fourth-order valence-corrected chi connectivity index (χ4v) is 3.24. The van der Waals surface area contributed by atoms with Crippen LogP contribution in [0.15, 0.2) is 34.8 Å². The van der Waals surface area contributed by atoms with Gasteiger partial charge in [-0.1, -0.05) is 45.2 Å². The van der Waals surface area contributed by atoms with Gasteiger partial charge in [0.05, 0.1) is 16.8 Å². The number of ether oxygens (including phenoxy) is 2. The van der Waals surface area contributed by atoms with E-state index in [0.29, 0.717) is 21.5 Å². The maximum absolute atomic E-state index is 6.28. The van der Waals surface area contributed by atoms with Gasteiger partial charge in [-0.3, -0.25) is 0 Å². The van der Waals surface area contributed by atoms with Crippen molar-refractivity contribution in [2.45, 2.75) is 13.0 Å². The summed E-state index contributed by atoms with van der Waals surface area (Å²) in [7, 11) is 0. The molecule has 0 saturated carbocycles. The van der Waals surface area contributed by atoms with Gasteiger partial charge in [0, 0.05) is 21.6 Å². The predicted octanol–water partition coefficient (Wildman–Crippen LogP) is 5.66. The fraction of sp³-hybridized carbons (Fsp3) is 0.200. The molecule has 6 heteroatoms. The molecule has 0 bridgehead atoms. The topological polar surface area (TPSA) is 30.5 Å². The molecule has 0 spiro atoms. The van der Waals surface area contributed by atoms with E-state index in [0.717, 1.165) is 15.7 Å². The summed E-state index contributed by atoms with van der Waals surface area (Å²) in [5.41, 5.74) is 1.78. The zero-order valence-electron chi connectivity index (χ0n) is 11.1. The average Bonchev–Trinajstić information content (AvgIpc) is 2.86. The average molecular weight is 389 g/mol. The monoisotopic (exact) mass is 387 g/mol. The molecule has 3 nitrogen and oxygen atoms in total. The van der Waals surface area contributed by atoms with Gasteiger partial charge in [-0.2, -0.15) is 0 Å². The van der Waals surface area contributed by atoms with E-state index in [4.69, 9.17) is 32.7 Å². The van der Waals surface area contributed by atoms with Gasteiger partial charge in [-0.05, 0) is 24.6 Å². The lowest BCUT2D eigenvalue weighted by atomic mass is 10.1. The molecule has 1 atom stereocenters. The number of benzene rings is 2. The van der Waals surface area contributed by atoms with Crippen LogP contribution in [0, 0.1) is 0 Å². The summed E-state index contributed by atoms with van der Waals surface area (Å²) in [6.07, 6.45) is 0. The van der Waals surface area contributed by atoms with Crippen LogP contribution in [0.25, 0.3) is 0 Å². The first-order chi connectivity index (χ1) is 10.0. The van der Waals surface area contributed by atoms with Crippen molar-refractivity contribution in [2.24, 2.45) is 0 Å². The Morgan fingerprint density at radius 1 is 1.10 bits per heavy atom. The minimum Gasteiger partial charge on any atom is -0.454 e. The number of fused-ring (bicyclic) bond motifs is 1. The Balaban J connectivity index is 1.86. The van der Waals surface area contributed by atoms with E-state index in [9.17, 15) is 0 Å². The maximum atomic E-state index is 6.28. The lowest BCUT2D eigenvalue weighted by Gasteiger charge is -2.18. The molecule has 2 aromatic carbocycles. The smallest absolute Gasteiger partial charge is 0.231 e. The Bertz CT molecular complexity index is 694. The van der Waals surface area contributed by atoms with Crippen molar-refractivity contribution in [1.29, 1.82) is 0 Å². The van der Waals surface area contributed by atoms with Crippen LogP contribution < -0.4 is 14.8 Å². The molecule has 1 aliphatic rings. The molecule has 0 aromatic heterocycles. The number of anilines is 1. The van der Waals surface area contributed by atoms with Gasteiger partial charge < -0.3 is 14.8 Å². The number of halogens is 3. The summed E-state index contributed by atoms with van der Waals surface area (Å²) in [5, 5.41) is 4.63. The third-order valence-electron chi connectivity index (χ3n) is 3.26. The van der Waals surface area contributed by atoms with Crippen molar-refractivity contribution in [3.63, 3.8) is 0 Å². The van der Waals surface area contributed by atoms with E-state index in [2.05, 4.69) is 21.2 Å². The van der Waals surface area contributed by atoms with E-state index < -0.39 is 0 Å². The lowest BCUT2D eigenvalue weighted by Crippen LogP contribution is -2.07. The summed E-state index contributed by atoms with van der Waals surface area (Å²) in [4.78, 5) is 0. The Morgan fingerprint density at radius 2 is 1.81 bits per heavy atom. The van der Waals surface area contributed by atoms with Crippen molar-refractivity contribution in [2.75, 3.05) is 12.1 Å². The first kappa shape index (κ1) is 14.8. The molecule has 0 aliphatic carbocycles. The molecule has 3 rings (SSSR count). The highest BCUT2D eigenvalue weighted by Crippen LogP contribution is 2.40. The van der Waals surface area contributed by atoms with Crippen LogP contribution >= 0.6 is 39.1 Å². The summed E-state index contributed by atoms with van der Waals surface area (Å²) in [6.45, 7) is 2.25. The van der Waals surface area contributed by atoms with Crippen molar-refractivity contribution in [3.8, 4) is 11.5 Å². The van der Waals surface area contributed by atoms with Crippen LogP contribution in [0.2, 0.25) is 10.0 Å². The fourth-order valence-electron chi connectivity index (χ4n) is 2.19. The molecular formula is C15H12BrCl2NO2. The Labute approximate surface area is 141 Å². The van der Waals surface area contributed by atoms with E-state index >= 15 is 0 Å². The second kappa shape index (κ2) is 5.95. The van der Waals surface area contributed by atoms with Crippen molar-refractivity contribution in [3.05, 3.63) is 50.4 Å². The molecule has 1 aliphatic heterocycles. The van der Waals surface area contributed by atoms with Crippen LogP contribution in [-0.2, 0) is 0 Å². The molecule has 2 aromatic rings. The molecule has 1 N–H and O–H groups in total. The summed E-state index contributed by atoms with van der Waals surface area (Å²) in [6, 6.07) is 9.40. The van der Waals surface area contributed by atoms with Gasteiger partial charge in [0.15, 0.2) is 11.5 Å². The lowest BCUT2D eigenvalue weighted by molar-refractivity contribution is 0.174.